The average Bonchev–Trinajstić information content (AvgIpc) is 2.55. The SMILES string of the molecule is Cc1cc(C)cc(CC2(N)CC2C)c1. The van der Waals surface area contributed by atoms with E-state index in [0.29, 0.717) is 5.92 Å². The van der Waals surface area contributed by atoms with Gasteiger partial charge in [0, 0.05) is 5.54 Å². The predicted molar refractivity (Wildman–Crippen MR) is 60.3 cm³/mol. The molecule has 2 unspecified atom stereocenters. The second-order valence-corrected chi connectivity index (χ2v) is 5.01. The van der Waals surface area contributed by atoms with Crippen molar-refractivity contribution in [1.29, 1.82) is 0 Å². The van der Waals surface area contributed by atoms with Crippen LogP contribution in [0.1, 0.15) is 30.0 Å². The number of nitrogens with two attached hydrogens (primary N) is 1. The lowest BCUT2D eigenvalue weighted by atomic mass is 9.99. The van der Waals surface area contributed by atoms with Crippen molar-refractivity contribution in [3.05, 3.63) is 34.9 Å². The fraction of sp³-hybridized carbons (Fsp3) is 0.538. The third kappa shape index (κ3) is 1.83. The summed E-state index contributed by atoms with van der Waals surface area (Å²) in [5.41, 5.74) is 10.4. The summed E-state index contributed by atoms with van der Waals surface area (Å²) in [6, 6.07) is 6.72. The lowest BCUT2D eigenvalue weighted by Gasteiger charge is -2.11. The second kappa shape index (κ2) is 3.09. The Bertz CT molecular complexity index is 336. The van der Waals surface area contributed by atoms with Crippen LogP contribution < -0.4 is 5.73 Å². The topological polar surface area (TPSA) is 26.0 Å². The zero-order valence-corrected chi connectivity index (χ0v) is 9.30. The van der Waals surface area contributed by atoms with E-state index in [9.17, 15) is 0 Å². The molecule has 1 aliphatic carbocycles. The van der Waals surface area contributed by atoms with E-state index in [1.165, 1.54) is 23.1 Å². The van der Waals surface area contributed by atoms with Gasteiger partial charge in [0.05, 0.1) is 0 Å². The van der Waals surface area contributed by atoms with Crippen LogP contribution >= 0.6 is 0 Å². The molecule has 0 spiro atoms. The molecule has 1 aliphatic rings. The largest absolute Gasteiger partial charge is 0.325 e. The van der Waals surface area contributed by atoms with E-state index in [1.807, 2.05) is 0 Å². The molecule has 0 aromatic heterocycles. The lowest BCUT2D eigenvalue weighted by Crippen LogP contribution is -2.27. The highest BCUT2D eigenvalue weighted by atomic mass is 14.8. The molecule has 1 aromatic carbocycles. The highest BCUT2D eigenvalue weighted by Crippen LogP contribution is 2.42. The van der Waals surface area contributed by atoms with Crippen molar-refractivity contribution in [2.45, 2.75) is 39.2 Å². The van der Waals surface area contributed by atoms with Crippen LogP contribution in [0.2, 0.25) is 0 Å². The van der Waals surface area contributed by atoms with E-state index in [4.69, 9.17) is 5.73 Å². The Morgan fingerprint density at radius 3 is 2.21 bits per heavy atom. The van der Waals surface area contributed by atoms with E-state index < -0.39 is 0 Å². The Balaban J connectivity index is 2.17. The quantitative estimate of drug-likeness (QED) is 0.760. The summed E-state index contributed by atoms with van der Waals surface area (Å²) < 4.78 is 0. The van der Waals surface area contributed by atoms with Crippen LogP contribution in [0.15, 0.2) is 18.2 Å². The number of aryl methyl sites for hydroxylation is 2. The summed E-state index contributed by atoms with van der Waals surface area (Å²) in [5, 5.41) is 0. The number of hydrogen-bond acceptors (Lipinski definition) is 1. The van der Waals surface area contributed by atoms with Crippen molar-refractivity contribution in [3.8, 4) is 0 Å². The first-order chi connectivity index (χ1) is 6.49. The van der Waals surface area contributed by atoms with Crippen molar-refractivity contribution in [1.82, 2.24) is 0 Å². The molecule has 14 heavy (non-hydrogen) atoms. The van der Waals surface area contributed by atoms with Crippen LogP contribution in [-0.2, 0) is 6.42 Å². The van der Waals surface area contributed by atoms with Crippen molar-refractivity contribution in [2.24, 2.45) is 11.7 Å². The number of hydrogen-bond donors (Lipinski definition) is 1. The predicted octanol–water partition coefficient (Wildman–Crippen LogP) is 2.58. The fourth-order valence-electron chi connectivity index (χ4n) is 2.31. The first-order valence-corrected chi connectivity index (χ1v) is 5.36. The second-order valence-electron chi connectivity index (χ2n) is 5.01. The standard InChI is InChI=1S/C13H19N/c1-9-4-10(2)6-12(5-9)8-13(14)7-11(13)3/h4-6,11H,7-8,14H2,1-3H3. The Labute approximate surface area is 86.3 Å². The third-order valence-electron chi connectivity index (χ3n) is 3.32. The highest BCUT2D eigenvalue weighted by Gasteiger charge is 2.47. The Morgan fingerprint density at radius 1 is 1.29 bits per heavy atom. The van der Waals surface area contributed by atoms with Crippen LogP contribution in [0.5, 0.6) is 0 Å². The molecule has 1 fully saturated rings. The van der Waals surface area contributed by atoms with Gasteiger partial charge < -0.3 is 5.73 Å². The van der Waals surface area contributed by atoms with Crippen LogP contribution in [0.3, 0.4) is 0 Å². The lowest BCUT2D eigenvalue weighted by molar-refractivity contribution is 0.614. The average molecular weight is 189 g/mol. The Kier molecular flexibility index (Phi) is 2.15. The third-order valence-corrected chi connectivity index (χ3v) is 3.32. The molecular weight excluding hydrogens is 170 g/mol. The van der Waals surface area contributed by atoms with E-state index in [-0.39, 0.29) is 5.54 Å². The van der Waals surface area contributed by atoms with Gasteiger partial charge in [0.15, 0.2) is 0 Å². The van der Waals surface area contributed by atoms with Crippen molar-refractivity contribution in [3.63, 3.8) is 0 Å². The van der Waals surface area contributed by atoms with Gasteiger partial charge in [0.25, 0.3) is 0 Å². The van der Waals surface area contributed by atoms with Gasteiger partial charge in [-0.1, -0.05) is 36.2 Å². The monoisotopic (exact) mass is 189 g/mol. The van der Waals surface area contributed by atoms with Crippen LogP contribution in [0.4, 0.5) is 0 Å². The first kappa shape index (κ1) is 9.72. The zero-order chi connectivity index (χ0) is 10.3. The molecule has 2 rings (SSSR count). The van der Waals surface area contributed by atoms with E-state index in [0.717, 1.165) is 6.42 Å². The maximum absolute atomic E-state index is 6.22. The number of benzene rings is 1. The molecule has 1 heteroatoms. The van der Waals surface area contributed by atoms with E-state index in [2.05, 4.69) is 39.0 Å². The van der Waals surface area contributed by atoms with Gasteiger partial charge in [0.1, 0.15) is 0 Å². The van der Waals surface area contributed by atoms with Crippen LogP contribution in [0.25, 0.3) is 0 Å². The fourth-order valence-corrected chi connectivity index (χ4v) is 2.31. The molecule has 1 saturated carbocycles. The van der Waals surface area contributed by atoms with Gasteiger partial charge in [-0.05, 0) is 38.2 Å². The first-order valence-electron chi connectivity index (χ1n) is 5.36. The van der Waals surface area contributed by atoms with Gasteiger partial charge >= 0.3 is 0 Å². The van der Waals surface area contributed by atoms with Gasteiger partial charge in [-0.25, -0.2) is 0 Å². The summed E-state index contributed by atoms with van der Waals surface area (Å²) in [4.78, 5) is 0. The van der Waals surface area contributed by atoms with Gasteiger partial charge in [-0.15, -0.1) is 0 Å². The highest BCUT2D eigenvalue weighted by molar-refractivity contribution is 5.31. The molecule has 0 heterocycles. The molecule has 0 saturated heterocycles. The minimum atomic E-state index is 0.0975. The van der Waals surface area contributed by atoms with E-state index >= 15 is 0 Å². The molecule has 0 aliphatic heterocycles. The molecule has 1 aromatic rings. The minimum Gasteiger partial charge on any atom is -0.325 e. The molecule has 2 atom stereocenters. The molecule has 1 nitrogen and oxygen atoms in total. The smallest absolute Gasteiger partial charge is 0.0224 e. The maximum atomic E-state index is 6.22. The molecule has 0 bridgehead atoms. The Hall–Kier alpha value is -0.820. The molecular formula is C13H19N. The van der Waals surface area contributed by atoms with Crippen LogP contribution in [-0.4, -0.2) is 5.54 Å². The molecule has 76 valence electrons. The van der Waals surface area contributed by atoms with Gasteiger partial charge in [-0.2, -0.15) is 0 Å². The molecule has 0 radical (unpaired) electrons. The maximum Gasteiger partial charge on any atom is 0.0224 e. The molecule has 0 amide bonds. The zero-order valence-electron chi connectivity index (χ0n) is 9.30. The summed E-state index contributed by atoms with van der Waals surface area (Å²) in [6.07, 6.45) is 2.22. The summed E-state index contributed by atoms with van der Waals surface area (Å²) in [5.74, 6) is 0.698. The normalized spacial score (nSPS) is 30.4. The Morgan fingerprint density at radius 2 is 1.79 bits per heavy atom. The van der Waals surface area contributed by atoms with Gasteiger partial charge in [0.2, 0.25) is 0 Å². The number of rotatable bonds is 2. The summed E-state index contributed by atoms with van der Waals surface area (Å²) in [6.45, 7) is 6.54. The summed E-state index contributed by atoms with van der Waals surface area (Å²) >= 11 is 0. The van der Waals surface area contributed by atoms with Crippen molar-refractivity contribution >= 4 is 0 Å². The molecule has 2 N–H and O–H groups in total. The van der Waals surface area contributed by atoms with Crippen LogP contribution in [0, 0.1) is 19.8 Å². The minimum absolute atomic E-state index is 0.0975. The van der Waals surface area contributed by atoms with E-state index in [1.54, 1.807) is 0 Å². The van der Waals surface area contributed by atoms with Gasteiger partial charge in [-0.3, -0.25) is 0 Å². The van der Waals surface area contributed by atoms with Crippen molar-refractivity contribution < 1.29 is 0 Å². The summed E-state index contributed by atoms with van der Waals surface area (Å²) in [7, 11) is 0. The van der Waals surface area contributed by atoms with Crippen molar-refractivity contribution in [2.75, 3.05) is 0 Å².